The van der Waals surface area contributed by atoms with Crippen molar-refractivity contribution in [1.82, 2.24) is 0 Å². The van der Waals surface area contributed by atoms with Crippen LogP contribution in [0.1, 0.15) is 46.5 Å². The molecule has 0 aromatic heterocycles. The molecule has 1 unspecified atom stereocenters. The predicted molar refractivity (Wildman–Crippen MR) is 87.6 cm³/mol. The number of carboxylic acid groups (broad SMARTS) is 1. The Bertz CT molecular complexity index is 775. The molecule has 0 amide bonds. The number of aromatic carboxylic acids is 1. The number of hydrogen-bond donors (Lipinski definition) is 2. The Morgan fingerprint density at radius 1 is 1.21 bits per heavy atom. The van der Waals surface area contributed by atoms with Gasteiger partial charge in [0.1, 0.15) is 5.82 Å². The van der Waals surface area contributed by atoms with E-state index in [0.717, 1.165) is 29.7 Å². The van der Waals surface area contributed by atoms with Gasteiger partial charge in [0, 0.05) is 23.8 Å². The van der Waals surface area contributed by atoms with Gasteiger partial charge in [-0.1, -0.05) is 12.1 Å². The molecule has 5 heteroatoms. The normalized spacial score (nSPS) is 25.3. The van der Waals surface area contributed by atoms with E-state index in [1.165, 1.54) is 6.07 Å². The number of carboxylic acids is 1. The third kappa shape index (κ3) is 2.55. The van der Waals surface area contributed by atoms with Crippen LogP contribution in [0.5, 0.6) is 0 Å². The summed E-state index contributed by atoms with van der Waals surface area (Å²) in [6.45, 7) is 0.682. The van der Waals surface area contributed by atoms with Crippen LogP contribution in [0.4, 0.5) is 10.1 Å². The average Bonchev–Trinajstić information content (AvgIpc) is 2.61. The van der Waals surface area contributed by atoms with Gasteiger partial charge >= 0.3 is 5.97 Å². The first-order valence-corrected chi connectivity index (χ1v) is 8.14. The molecule has 1 fully saturated rings. The lowest BCUT2D eigenvalue weighted by Crippen LogP contribution is -2.36. The van der Waals surface area contributed by atoms with Crippen molar-refractivity contribution in [3.05, 3.63) is 65.0 Å². The van der Waals surface area contributed by atoms with Crippen LogP contribution in [0.3, 0.4) is 0 Å². The predicted octanol–water partition coefficient (Wildman–Crippen LogP) is 4.16. The fourth-order valence-corrected chi connectivity index (χ4v) is 3.80. The number of anilines is 1. The third-order valence-corrected chi connectivity index (χ3v) is 4.94. The standard InChI is InChI=1S/C19H18FNO3/c20-13-7-8-16-15(10-13)18-14(2-1-9-24-18)17(21-16)11-3-5-12(6-4-11)19(22)23/h3-8,10,14,17-18,21H,1-2,9H2,(H,22,23)/t14-,17?,18-/m0/s1. The number of fused-ring (bicyclic) bond motifs is 3. The summed E-state index contributed by atoms with van der Waals surface area (Å²) >= 11 is 0. The zero-order chi connectivity index (χ0) is 16.7. The van der Waals surface area contributed by atoms with Crippen LogP contribution in [0.15, 0.2) is 42.5 Å². The Labute approximate surface area is 139 Å². The lowest BCUT2D eigenvalue weighted by Gasteiger charge is -2.43. The fourth-order valence-electron chi connectivity index (χ4n) is 3.80. The van der Waals surface area contributed by atoms with E-state index in [0.29, 0.717) is 6.61 Å². The van der Waals surface area contributed by atoms with E-state index in [2.05, 4.69) is 5.32 Å². The van der Waals surface area contributed by atoms with Crippen molar-refractivity contribution in [2.24, 2.45) is 5.92 Å². The first-order chi connectivity index (χ1) is 11.6. The van der Waals surface area contributed by atoms with Crippen LogP contribution in [-0.4, -0.2) is 17.7 Å². The summed E-state index contributed by atoms with van der Waals surface area (Å²) in [5.41, 5.74) is 3.05. The Balaban J connectivity index is 1.73. The lowest BCUT2D eigenvalue weighted by atomic mass is 9.77. The van der Waals surface area contributed by atoms with Crippen molar-refractivity contribution in [2.45, 2.75) is 25.0 Å². The maximum absolute atomic E-state index is 13.7. The largest absolute Gasteiger partial charge is 0.478 e. The molecule has 2 N–H and O–H groups in total. The monoisotopic (exact) mass is 327 g/mol. The molecule has 0 bridgehead atoms. The van der Waals surface area contributed by atoms with Crippen molar-refractivity contribution in [1.29, 1.82) is 0 Å². The van der Waals surface area contributed by atoms with E-state index in [1.807, 2.05) is 12.1 Å². The number of rotatable bonds is 2. The van der Waals surface area contributed by atoms with Gasteiger partial charge in [0.05, 0.1) is 17.7 Å². The minimum Gasteiger partial charge on any atom is -0.478 e. The van der Waals surface area contributed by atoms with Crippen molar-refractivity contribution in [3.8, 4) is 0 Å². The molecule has 0 spiro atoms. The molecule has 4 rings (SSSR count). The van der Waals surface area contributed by atoms with Crippen molar-refractivity contribution >= 4 is 11.7 Å². The number of benzene rings is 2. The SMILES string of the molecule is O=C(O)c1ccc(C2Nc3ccc(F)cc3[C@H]3OCCC[C@@H]23)cc1. The number of nitrogens with one attached hydrogen (secondary N) is 1. The van der Waals surface area contributed by atoms with Crippen molar-refractivity contribution in [2.75, 3.05) is 11.9 Å². The summed E-state index contributed by atoms with van der Waals surface area (Å²) < 4.78 is 19.6. The summed E-state index contributed by atoms with van der Waals surface area (Å²) in [6, 6.07) is 11.7. The van der Waals surface area contributed by atoms with Crippen LogP contribution < -0.4 is 5.32 Å². The minimum atomic E-state index is -0.933. The first-order valence-electron chi connectivity index (χ1n) is 8.14. The van der Waals surface area contributed by atoms with Gasteiger partial charge in [0.15, 0.2) is 0 Å². The van der Waals surface area contributed by atoms with Crippen LogP contribution in [0.2, 0.25) is 0 Å². The summed E-state index contributed by atoms with van der Waals surface area (Å²) in [7, 11) is 0. The van der Waals surface area contributed by atoms with E-state index in [4.69, 9.17) is 9.84 Å². The molecule has 4 nitrogen and oxygen atoms in total. The van der Waals surface area contributed by atoms with Crippen LogP contribution in [-0.2, 0) is 4.74 Å². The molecule has 0 radical (unpaired) electrons. The summed E-state index contributed by atoms with van der Waals surface area (Å²) in [6.07, 6.45) is 1.82. The number of hydrogen-bond acceptors (Lipinski definition) is 3. The van der Waals surface area contributed by atoms with Gasteiger partial charge in [0.2, 0.25) is 0 Å². The fraction of sp³-hybridized carbons (Fsp3) is 0.316. The van der Waals surface area contributed by atoms with E-state index in [1.54, 1.807) is 24.3 Å². The van der Waals surface area contributed by atoms with Gasteiger partial charge in [-0.15, -0.1) is 0 Å². The second-order valence-electron chi connectivity index (χ2n) is 6.38. The molecule has 124 valence electrons. The van der Waals surface area contributed by atoms with E-state index in [-0.39, 0.29) is 29.4 Å². The van der Waals surface area contributed by atoms with E-state index >= 15 is 0 Å². The molecule has 2 heterocycles. The Kier molecular flexibility index (Phi) is 3.73. The summed E-state index contributed by atoms with van der Waals surface area (Å²) in [5.74, 6) is -0.991. The number of ether oxygens (including phenoxy) is 1. The molecule has 2 aromatic carbocycles. The highest BCUT2D eigenvalue weighted by Gasteiger charge is 2.39. The molecule has 2 aromatic rings. The smallest absolute Gasteiger partial charge is 0.335 e. The van der Waals surface area contributed by atoms with E-state index in [9.17, 15) is 9.18 Å². The Hall–Kier alpha value is -2.40. The van der Waals surface area contributed by atoms with Gasteiger partial charge in [-0.05, 0) is 48.7 Å². The molecule has 3 atom stereocenters. The minimum absolute atomic E-state index is 0.0242. The van der Waals surface area contributed by atoms with Gasteiger partial charge < -0.3 is 15.2 Å². The second kappa shape index (κ2) is 5.91. The maximum atomic E-state index is 13.7. The summed E-state index contributed by atoms with van der Waals surface area (Å²) in [5, 5.41) is 12.6. The molecular formula is C19H18FNO3. The molecule has 1 saturated heterocycles. The zero-order valence-corrected chi connectivity index (χ0v) is 13.0. The molecule has 0 aliphatic carbocycles. The topological polar surface area (TPSA) is 58.6 Å². The molecule has 2 aliphatic heterocycles. The van der Waals surface area contributed by atoms with Gasteiger partial charge in [-0.25, -0.2) is 9.18 Å². The van der Waals surface area contributed by atoms with Gasteiger partial charge in [-0.3, -0.25) is 0 Å². The van der Waals surface area contributed by atoms with Crippen molar-refractivity contribution < 1.29 is 19.0 Å². The zero-order valence-electron chi connectivity index (χ0n) is 13.0. The lowest BCUT2D eigenvalue weighted by molar-refractivity contribution is -0.0382. The number of carbonyl (C=O) groups is 1. The van der Waals surface area contributed by atoms with Gasteiger partial charge in [0.25, 0.3) is 0 Å². The van der Waals surface area contributed by atoms with E-state index < -0.39 is 5.97 Å². The second-order valence-corrected chi connectivity index (χ2v) is 6.38. The average molecular weight is 327 g/mol. The molecule has 24 heavy (non-hydrogen) atoms. The quantitative estimate of drug-likeness (QED) is 0.869. The Morgan fingerprint density at radius 3 is 2.75 bits per heavy atom. The third-order valence-electron chi connectivity index (χ3n) is 4.94. The van der Waals surface area contributed by atoms with Crippen LogP contribution >= 0.6 is 0 Å². The first kappa shape index (κ1) is 15.1. The molecule has 0 saturated carbocycles. The van der Waals surface area contributed by atoms with Crippen LogP contribution in [0, 0.1) is 11.7 Å². The molecule has 2 aliphatic rings. The molecular weight excluding hydrogens is 309 g/mol. The highest BCUT2D eigenvalue weighted by atomic mass is 19.1. The highest BCUT2D eigenvalue weighted by Crippen LogP contribution is 2.49. The highest BCUT2D eigenvalue weighted by molar-refractivity contribution is 5.87. The Morgan fingerprint density at radius 2 is 2.00 bits per heavy atom. The maximum Gasteiger partial charge on any atom is 0.335 e. The van der Waals surface area contributed by atoms with Gasteiger partial charge in [-0.2, -0.15) is 0 Å². The summed E-state index contributed by atoms with van der Waals surface area (Å²) in [4.78, 5) is 11.0. The van der Waals surface area contributed by atoms with Crippen molar-refractivity contribution in [3.63, 3.8) is 0 Å². The van der Waals surface area contributed by atoms with Crippen LogP contribution in [0.25, 0.3) is 0 Å². The number of halogens is 1.